The van der Waals surface area contributed by atoms with Crippen molar-refractivity contribution in [3.05, 3.63) is 51.2 Å². The quantitative estimate of drug-likeness (QED) is 0.646. The fourth-order valence-corrected chi connectivity index (χ4v) is 2.88. The summed E-state index contributed by atoms with van der Waals surface area (Å²) < 4.78 is 4.93. The molecule has 1 aromatic heterocycles. The van der Waals surface area contributed by atoms with Gasteiger partial charge >= 0.3 is 5.97 Å². The summed E-state index contributed by atoms with van der Waals surface area (Å²) in [6, 6.07) is 7.39. The summed E-state index contributed by atoms with van der Waals surface area (Å²) in [7, 11) is 0. The van der Waals surface area contributed by atoms with Crippen LogP contribution in [0.25, 0.3) is 0 Å². The van der Waals surface area contributed by atoms with E-state index in [9.17, 15) is 9.59 Å². The van der Waals surface area contributed by atoms with Gasteiger partial charge in [0, 0.05) is 30.7 Å². The topological polar surface area (TPSA) is 71.5 Å². The Kier molecular flexibility index (Phi) is 7.71. The average molecular weight is 431 g/mol. The van der Waals surface area contributed by atoms with E-state index in [0.717, 1.165) is 18.8 Å². The van der Waals surface area contributed by atoms with Crippen molar-refractivity contribution in [2.45, 2.75) is 13.8 Å². The molecule has 0 saturated heterocycles. The number of halogens is 3. The Morgan fingerprint density at radius 1 is 1.07 bits per heavy atom. The number of benzene rings is 1. The fourth-order valence-electron chi connectivity index (χ4n) is 2.33. The van der Waals surface area contributed by atoms with Crippen LogP contribution in [-0.4, -0.2) is 36.6 Å². The van der Waals surface area contributed by atoms with E-state index < -0.39 is 18.5 Å². The standard InChI is InChI=1S/C18H18Cl3N3O3/c1-3-24(4-2)12-7-5-11(6-8-12)23-14(25)10-27-18(26)17-16(21)15(20)13(19)9-22-17/h5-9H,3-4,10H2,1-2H3,(H,23,25). The molecular weight excluding hydrogens is 413 g/mol. The van der Waals surface area contributed by atoms with E-state index in [2.05, 4.69) is 29.0 Å². The van der Waals surface area contributed by atoms with E-state index >= 15 is 0 Å². The van der Waals surface area contributed by atoms with E-state index in [1.165, 1.54) is 6.20 Å². The largest absolute Gasteiger partial charge is 0.451 e. The molecule has 27 heavy (non-hydrogen) atoms. The van der Waals surface area contributed by atoms with Crippen molar-refractivity contribution in [3.8, 4) is 0 Å². The molecule has 9 heteroatoms. The monoisotopic (exact) mass is 429 g/mol. The Morgan fingerprint density at radius 2 is 1.70 bits per heavy atom. The molecule has 0 atom stereocenters. The molecule has 6 nitrogen and oxygen atoms in total. The average Bonchev–Trinajstić information content (AvgIpc) is 2.66. The number of aromatic nitrogens is 1. The number of carbonyl (C=O) groups is 2. The fraction of sp³-hybridized carbons (Fsp3) is 0.278. The van der Waals surface area contributed by atoms with Crippen LogP contribution in [0.5, 0.6) is 0 Å². The molecule has 0 radical (unpaired) electrons. The van der Waals surface area contributed by atoms with Gasteiger partial charge in [-0.15, -0.1) is 0 Å². The molecule has 0 aliphatic rings. The highest BCUT2D eigenvalue weighted by Crippen LogP contribution is 2.31. The second-order valence-corrected chi connectivity index (χ2v) is 6.59. The van der Waals surface area contributed by atoms with E-state index in [1.807, 2.05) is 12.1 Å². The maximum Gasteiger partial charge on any atom is 0.359 e. The number of amides is 1. The van der Waals surface area contributed by atoms with Gasteiger partial charge in [0.05, 0.1) is 15.1 Å². The highest BCUT2D eigenvalue weighted by molar-refractivity contribution is 6.48. The maximum atomic E-state index is 12.0. The van der Waals surface area contributed by atoms with Crippen LogP contribution in [0.15, 0.2) is 30.5 Å². The van der Waals surface area contributed by atoms with Gasteiger partial charge < -0.3 is 15.0 Å². The molecule has 1 N–H and O–H groups in total. The van der Waals surface area contributed by atoms with E-state index in [1.54, 1.807) is 12.1 Å². The van der Waals surface area contributed by atoms with E-state index in [0.29, 0.717) is 5.69 Å². The Balaban J connectivity index is 1.93. The van der Waals surface area contributed by atoms with E-state index in [4.69, 9.17) is 39.5 Å². The minimum Gasteiger partial charge on any atom is -0.451 e. The summed E-state index contributed by atoms with van der Waals surface area (Å²) in [5, 5.41) is 2.64. The van der Waals surface area contributed by atoms with Crippen LogP contribution < -0.4 is 10.2 Å². The highest BCUT2D eigenvalue weighted by Gasteiger charge is 2.19. The van der Waals surface area contributed by atoms with Crippen LogP contribution >= 0.6 is 34.8 Å². The molecule has 0 bridgehead atoms. The number of rotatable bonds is 7. The van der Waals surface area contributed by atoms with Gasteiger partial charge in [-0.25, -0.2) is 9.78 Å². The number of ether oxygens (including phenoxy) is 1. The van der Waals surface area contributed by atoms with Crippen LogP contribution in [0.4, 0.5) is 11.4 Å². The summed E-state index contributed by atoms with van der Waals surface area (Å²) in [6.45, 7) is 5.44. The number of pyridine rings is 1. The first-order chi connectivity index (χ1) is 12.9. The molecule has 2 aromatic rings. The second kappa shape index (κ2) is 9.78. The Hall–Kier alpha value is -2.02. The lowest BCUT2D eigenvalue weighted by molar-refractivity contribution is -0.119. The van der Waals surface area contributed by atoms with Gasteiger partial charge in [0.15, 0.2) is 12.3 Å². The summed E-state index contributed by atoms with van der Waals surface area (Å²) >= 11 is 17.5. The molecule has 2 rings (SSSR count). The lowest BCUT2D eigenvalue weighted by atomic mass is 10.2. The highest BCUT2D eigenvalue weighted by atomic mass is 35.5. The first-order valence-corrected chi connectivity index (χ1v) is 9.32. The molecule has 1 amide bonds. The molecule has 144 valence electrons. The zero-order valence-electron chi connectivity index (χ0n) is 14.8. The third kappa shape index (κ3) is 5.48. The number of nitrogens with zero attached hydrogens (tertiary/aromatic N) is 2. The van der Waals surface area contributed by atoms with Gasteiger partial charge in [0.2, 0.25) is 0 Å². The maximum absolute atomic E-state index is 12.0. The third-order valence-electron chi connectivity index (χ3n) is 3.72. The van der Waals surface area contributed by atoms with Crippen LogP contribution in [0, 0.1) is 0 Å². The number of nitrogens with one attached hydrogen (secondary N) is 1. The number of esters is 1. The summed E-state index contributed by atoms with van der Waals surface area (Å²) in [5.74, 6) is -1.36. The minimum atomic E-state index is -0.870. The van der Waals surface area contributed by atoms with Gasteiger partial charge in [0.1, 0.15) is 0 Å². The van der Waals surface area contributed by atoms with Crippen molar-refractivity contribution in [3.63, 3.8) is 0 Å². The minimum absolute atomic E-state index is 0.00183. The van der Waals surface area contributed by atoms with Crippen LogP contribution in [0.3, 0.4) is 0 Å². The van der Waals surface area contributed by atoms with Crippen molar-refractivity contribution in [2.75, 3.05) is 29.9 Å². The van der Waals surface area contributed by atoms with Crippen molar-refractivity contribution >= 4 is 58.1 Å². The Morgan fingerprint density at radius 3 is 2.30 bits per heavy atom. The molecule has 0 fully saturated rings. The SMILES string of the molecule is CCN(CC)c1ccc(NC(=O)COC(=O)c2ncc(Cl)c(Cl)c2Cl)cc1. The molecule has 0 saturated carbocycles. The Bertz CT molecular complexity index is 825. The predicted molar refractivity (Wildman–Crippen MR) is 108 cm³/mol. The molecule has 1 aromatic carbocycles. The van der Waals surface area contributed by atoms with Gasteiger partial charge in [-0.2, -0.15) is 0 Å². The summed E-state index contributed by atoms with van der Waals surface area (Å²) in [5.41, 5.74) is 1.45. The zero-order valence-corrected chi connectivity index (χ0v) is 17.0. The number of hydrogen-bond acceptors (Lipinski definition) is 5. The summed E-state index contributed by atoms with van der Waals surface area (Å²) in [6.07, 6.45) is 1.18. The third-order valence-corrected chi connectivity index (χ3v) is 4.97. The lowest BCUT2D eigenvalue weighted by Gasteiger charge is -2.21. The van der Waals surface area contributed by atoms with Crippen molar-refractivity contribution in [1.29, 1.82) is 0 Å². The summed E-state index contributed by atoms with van der Waals surface area (Å²) in [4.78, 5) is 30.0. The molecule has 0 spiro atoms. The molecule has 0 unspecified atom stereocenters. The lowest BCUT2D eigenvalue weighted by Crippen LogP contribution is -2.22. The molecule has 0 aliphatic heterocycles. The molecule has 0 aliphatic carbocycles. The molecular formula is C18H18Cl3N3O3. The number of carbonyl (C=O) groups excluding carboxylic acids is 2. The van der Waals surface area contributed by atoms with Gasteiger partial charge in [-0.1, -0.05) is 34.8 Å². The Labute approximate surface area is 172 Å². The van der Waals surface area contributed by atoms with Crippen molar-refractivity contribution in [2.24, 2.45) is 0 Å². The van der Waals surface area contributed by atoms with Gasteiger partial charge in [0.25, 0.3) is 5.91 Å². The van der Waals surface area contributed by atoms with Crippen LogP contribution in [-0.2, 0) is 9.53 Å². The van der Waals surface area contributed by atoms with Crippen LogP contribution in [0.2, 0.25) is 15.1 Å². The normalized spacial score (nSPS) is 10.4. The van der Waals surface area contributed by atoms with Crippen molar-refractivity contribution < 1.29 is 14.3 Å². The van der Waals surface area contributed by atoms with Crippen molar-refractivity contribution in [1.82, 2.24) is 4.98 Å². The van der Waals surface area contributed by atoms with E-state index in [-0.39, 0.29) is 20.8 Å². The first-order valence-electron chi connectivity index (χ1n) is 8.18. The number of hydrogen-bond donors (Lipinski definition) is 1. The smallest absolute Gasteiger partial charge is 0.359 e. The second-order valence-electron chi connectivity index (χ2n) is 5.43. The van der Waals surface area contributed by atoms with Crippen LogP contribution in [0.1, 0.15) is 24.3 Å². The zero-order chi connectivity index (χ0) is 20.0. The number of anilines is 2. The first kappa shape index (κ1) is 21.3. The van der Waals surface area contributed by atoms with Gasteiger partial charge in [-0.3, -0.25) is 4.79 Å². The van der Waals surface area contributed by atoms with Gasteiger partial charge in [-0.05, 0) is 38.1 Å². The predicted octanol–water partition coefficient (Wildman–Crippen LogP) is 4.68. The molecule has 1 heterocycles.